The Morgan fingerprint density at radius 1 is 0.923 bits per heavy atom. The molecule has 0 radical (unpaired) electrons. The largest absolute Gasteiger partial charge is 0.454 e. The molecular weight excluding hydrogens is 496 g/mol. The lowest BCUT2D eigenvalue weighted by Crippen LogP contribution is -2.40. The number of piperidine rings is 1. The van der Waals surface area contributed by atoms with Crippen molar-refractivity contribution in [3.05, 3.63) is 77.9 Å². The molecule has 0 aliphatic carbocycles. The summed E-state index contributed by atoms with van der Waals surface area (Å²) in [6.07, 6.45) is -0.0294. The van der Waals surface area contributed by atoms with Crippen molar-refractivity contribution in [2.75, 3.05) is 18.0 Å². The smallest absolute Gasteiger partial charge is 0.375 e. The van der Waals surface area contributed by atoms with Gasteiger partial charge in [0.15, 0.2) is 0 Å². The summed E-state index contributed by atoms with van der Waals surface area (Å²) in [4.78, 5) is 54.7. The van der Waals surface area contributed by atoms with Crippen molar-refractivity contribution in [3.63, 3.8) is 0 Å². The summed E-state index contributed by atoms with van der Waals surface area (Å²) in [5, 5.41) is 11.9. The molecule has 1 heterocycles. The maximum absolute atomic E-state index is 13.5. The first kappa shape index (κ1) is 28.0. The Morgan fingerprint density at radius 2 is 1.62 bits per heavy atom. The van der Waals surface area contributed by atoms with Crippen LogP contribution < -0.4 is 4.90 Å². The molecule has 4 rings (SSSR count). The number of ketones is 1. The van der Waals surface area contributed by atoms with E-state index in [1.807, 2.05) is 42.5 Å². The van der Waals surface area contributed by atoms with Gasteiger partial charge in [-0.3, -0.25) is 14.4 Å². The van der Waals surface area contributed by atoms with Gasteiger partial charge >= 0.3 is 5.97 Å². The Labute approximate surface area is 228 Å². The zero-order valence-electron chi connectivity index (χ0n) is 22.6. The molecule has 8 heteroatoms. The van der Waals surface area contributed by atoms with Gasteiger partial charge in [-0.15, -0.1) is 0 Å². The lowest BCUT2D eigenvalue weighted by molar-refractivity contribution is -0.163. The SMILES string of the molecule is CC(C)(C)OC(=O)C(=O)CC(=O)N(Cc1ccc2ccccc2c1)c1cccc(C(=O)N2CCC(O)CC2)c1. The number of fused-ring (bicyclic) bond motifs is 1. The number of nitrogens with zero attached hydrogens (tertiary/aromatic N) is 2. The number of anilines is 1. The molecule has 8 nitrogen and oxygen atoms in total. The molecule has 1 aliphatic rings. The second kappa shape index (κ2) is 11.8. The maximum Gasteiger partial charge on any atom is 0.375 e. The molecule has 0 saturated carbocycles. The molecule has 39 heavy (non-hydrogen) atoms. The van der Waals surface area contributed by atoms with Gasteiger partial charge in [0, 0.05) is 24.3 Å². The Hall–Kier alpha value is -4.04. The van der Waals surface area contributed by atoms with Gasteiger partial charge in [-0.2, -0.15) is 0 Å². The number of aliphatic hydroxyl groups is 1. The zero-order valence-corrected chi connectivity index (χ0v) is 22.6. The number of amides is 2. The molecule has 204 valence electrons. The summed E-state index contributed by atoms with van der Waals surface area (Å²) in [6.45, 7) is 5.99. The van der Waals surface area contributed by atoms with E-state index in [2.05, 4.69) is 0 Å². The summed E-state index contributed by atoms with van der Waals surface area (Å²) >= 11 is 0. The average Bonchev–Trinajstić information content (AvgIpc) is 2.90. The molecule has 1 saturated heterocycles. The monoisotopic (exact) mass is 530 g/mol. The van der Waals surface area contributed by atoms with Gasteiger partial charge in [0.1, 0.15) is 5.60 Å². The summed E-state index contributed by atoms with van der Waals surface area (Å²) < 4.78 is 5.15. The van der Waals surface area contributed by atoms with Crippen molar-refractivity contribution >= 4 is 40.0 Å². The van der Waals surface area contributed by atoms with Gasteiger partial charge in [0.05, 0.1) is 19.1 Å². The fourth-order valence-electron chi connectivity index (χ4n) is 4.54. The first-order chi connectivity index (χ1) is 18.5. The molecule has 1 N–H and O–H groups in total. The highest BCUT2D eigenvalue weighted by molar-refractivity contribution is 6.37. The standard InChI is InChI=1S/C31H34N2O6/c1-31(2,3)39-30(38)27(35)19-28(36)33(20-21-11-12-22-7-4-5-8-23(22)17-21)25-10-6-9-24(18-25)29(37)32-15-13-26(34)14-16-32/h4-12,17-18,26,34H,13-16,19-20H2,1-3H3. The maximum atomic E-state index is 13.5. The first-order valence-corrected chi connectivity index (χ1v) is 13.1. The van der Waals surface area contributed by atoms with Crippen LogP contribution in [0.5, 0.6) is 0 Å². The average molecular weight is 531 g/mol. The van der Waals surface area contributed by atoms with Crippen LogP contribution in [0.1, 0.15) is 56.0 Å². The lowest BCUT2D eigenvalue weighted by atomic mass is 10.0. The molecule has 0 spiro atoms. The van der Waals surface area contributed by atoms with Gasteiger partial charge in [0.2, 0.25) is 11.7 Å². The Bertz CT molecular complexity index is 1390. The highest BCUT2D eigenvalue weighted by Crippen LogP contribution is 2.24. The highest BCUT2D eigenvalue weighted by atomic mass is 16.6. The molecule has 0 bridgehead atoms. The predicted octanol–water partition coefficient (Wildman–Crippen LogP) is 4.27. The van der Waals surface area contributed by atoms with Crippen molar-refractivity contribution in [3.8, 4) is 0 Å². The molecule has 0 aromatic heterocycles. The Kier molecular flexibility index (Phi) is 8.45. The summed E-state index contributed by atoms with van der Waals surface area (Å²) in [5.74, 6) is -2.76. The van der Waals surface area contributed by atoms with Crippen LogP contribution in [0, 0.1) is 0 Å². The zero-order chi connectivity index (χ0) is 28.2. The van der Waals surface area contributed by atoms with Crippen LogP contribution >= 0.6 is 0 Å². The third-order valence-electron chi connectivity index (χ3n) is 6.55. The van der Waals surface area contributed by atoms with Gasteiger partial charge < -0.3 is 19.6 Å². The summed E-state index contributed by atoms with van der Waals surface area (Å²) in [5.41, 5.74) is 0.806. The minimum atomic E-state index is -1.06. The summed E-state index contributed by atoms with van der Waals surface area (Å²) in [7, 11) is 0. The molecule has 3 aromatic carbocycles. The van der Waals surface area contributed by atoms with Gasteiger partial charge in [-0.25, -0.2) is 4.79 Å². The van der Waals surface area contributed by atoms with Crippen molar-refractivity contribution in [2.45, 2.75) is 58.3 Å². The number of likely N-dealkylation sites (tertiary alicyclic amines) is 1. The number of Topliss-reactive ketones (excluding diaryl/α,β-unsaturated/α-hetero) is 1. The number of aliphatic hydroxyl groups excluding tert-OH is 1. The highest BCUT2D eigenvalue weighted by Gasteiger charge is 2.28. The number of carbonyl (C=O) groups excluding carboxylic acids is 4. The number of hydrogen-bond donors (Lipinski definition) is 1. The Morgan fingerprint density at radius 3 is 2.31 bits per heavy atom. The van der Waals surface area contributed by atoms with Crippen LogP contribution in [0.3, 0.4) is 0 Å². The molecule has 1 aliphatic heterocycles. The fraction of sp³-hybridized carbons (Fsp3) is 0.355. The van der Waals surface area contributed by atoms with Gasteiger partial charge in [-0.05, 0) is 74.2 Å². The predicted molar refractivity (Wildman–Crippen MR) is 148 cm³/mol. The number of ether oxygens (including phenoxy) is 1. The number of esters is 1. The van der Waals surface area contributed by atoms with Crippen LogP contribution in [0.15, 0.2) is 66.7 Å². The van der Waals surface area contributed by atoms with Gasteiger partial charge in [-0.1, -0.05) is 42.5 Å². The quantitative estimate of drug-likeness (QED) is 0.278. The first-order valence-electron chi connectivity index (χ1n) is 13.1. The normalized spacial score (nSPS) is 14.2. The van der Waals surface area contributed by atoms with E-state index < -0.39 is 35.8 Å². The minimum absolute atomic E-state index is 0.138. The van der Waals surface area contributed by atoms with Crippen molar-refractivity contribution in [2.24, 2.45) is 0 Å². The number of hydrogen-bond acceptors (Lipinski definition) is 6. The Balaban J connectivity index is 1.62. The van der Waals surface area contributed by atoms with Crippen molar-refractivity contribution < 1.29 is 29.0 Å². The van der Waals surface area contributed by atoms with E-state index in [-0.39, 0.29) is 12.5 Å². The number of rotatable bonds is 7. The van der Waals surface area contributed by atoms with E-state index in [1.165, 1.54) is 4.90 Å². The van der Waals surface area contributed by atoms with E-state index in [0.717, 1.165) is 16.3 Å². The number of carbonyl (C=O) groups is 4. The third kappa shape index (κ3) is 7.29. The third-order valence-corrected chi connectivity index (χ3v) is 6.55. The van der Waals surface area contributed by atoms with E-state index >= 15 is 0 Å². The molecule has 1 fully saturated rings. The van der Waals surface area contributed by atoms with E-state index in [1.54, 1.807) is 49.9 Å². The second-order valence-electron chi connectivity index (χ2n) is 10.8. The molecule has 3 aromatic rings. The van der Waals surface area contributed by atoms with Gasteiger partial charge in [0.25, 0.3) is 5.91 Å². The van der Waals surface area contributed by atoms with Crippen LogP contribution in [0.25, 0.3) is 10.8 Å². The minimum Gasteiger partial charge on any atom is -0.454 e. The van der Waals surface area contributed by atoms with E-state index in [9.17, 15) is 24.3 Å². The molecule has 0 atom stereocenters. The van der Waals surface area contributed by atoms with E-state index in [4.69, 9.17) is 4.74 Å². The topological polar surface area (TPSA) is 104 Å². The van der Waals surface area contributed by atoms with Crippen LogP contribution in [0.4, 0.5) is 5.69 Å². The van der Waals surface area contributed by atoms with Crippen LogP contribution in [-0.2, 0) is 25.7 Å². The van der Waals surface area contributed by atoms with Crippen LogP contribution in [0.2, 0.25) is 0 Å². The molecule has 2 amide bonds. The van der Waals surface area contributed by atoms with Crippen LogP contribution in [-0.4, -0.2) is 58.4 Å². The fourth-order valence-corrected chi connectivity index (χ4v) is 4.54. The number of benzene rings is 3. The second-order valence-corrected chi connectivity index (χ2v) is 10.8. The summed E-state index contributed by atoms with van der Waals surface area (Å²) in [6, 6.07) is 20.4. The lowest BCUT2D eigenvalue weighted by Gasteiger charge is -2.30. The van der Waals surface area contributed by atoms with E-state index in [0.29, 0.717) is 37.2 Å². The van der Waals surface area contributed by atoms with Crippen molar-refractivity contribution in [1.29, 1.82) is 0 Å². The van der Waals surface area contributed by atoms with Crippen molar-refractivity contribution in [1.82, 2.24) is 4.90 Å². The molecule has 0 unspecified atom stereocenters. The molecular formula is C31H34N2O6.